The second kappa shape index (κ2) is 4.20. The molecule has 86 valence electrons. The number of hydrogen-bond acceptors (Lipinski definition) is 2. The van der Waals surface area contributed by atoms with Crippen LogP contribution in [0.1, 0.15) is 25.2 Å². The monoisotopic (exact) mass is 218 g/mol. The molecule has 0 fully saturated rings. The summed E-state index contributed by atoms with van der Waals surface area (Å²) in [5, 5.41) is 1.13. The van der Waals surface area contributed by atoms with Gasteiger partial charge in [-0.05, 0) is 43.0 Å². The van der Waals surface area contributed by atoms with E-state index in [0.29, 0.717) is 5.92 Å². The molecular weight excluding hydrogens is 200 g/mol. The molecule has 0 N–H and O–H groups in total. The summed E-state index contributed by atoms with van der Waals surface area (Å²) in [5.41, 5.74) is 2.16. The Kier molecular flexibility index (Phi) is 2.90. The number of furan rings is 1. The fourth-order valence-electron chi connectivity index (χ4n) is 2.05. The SMILES string of the molecule is COc1cc(CC(C)C)cc2cc(C)oc12. The van der Waals surface area contributed by atoms with Crippen molar-refractivity contribution in [2.45, 2.75) is 27.2 Å². The molecule has 2 aromatic rings. The Morgan fingerprint density at radius 2 is 2.00 bits per heavy atom. The molecule has 0 radical (unpaired) electrons. The van der Waals surface area contributed by atoms with Gasteiger partial charge in [-0.15, -0.1) is 0 Å². The van der Waals surface area contributed by atoms with Crippen LogP contribution in [0.4, 0.5) is 0 Å². The van der Waals surface area contributed by atoms with Gasteiger partial charge in [-0.3, -0.25) is 0 Å². The molecule has 2 heteroatoms. The maximum absolute atomic E-state index is 5.62. The molecule has 0 aliphatic heterocycles. The zero-order valence-corrected chi connectivity index (χ0v) is 10.3. The van der Waals surface area contributed by atoms with E-state index in [2.05, 4.69) is 32.0 Å². The van der Waals surface area contributed by atoms with Gasteiger partial charge in [0.15, 0.2) is 11.3 Å². The van der Waals surface area contributed by atoms with E-state index < -0.39 is 0 Å². The molecule has 1 aromatic heterocycles. The van der Waals surface area contributed by atoms with Crippen molar-refractivity contribution in [1.29, 1.82) is 0 Å². The highest BCUT2D eigenvalue weighted by atomic mass is 16.5. The van der Waals surface area contributed by atoms with Crippen molar-refractivity contribution in [1.82, 2.24) is 0 Å². The molecular formula is C14H18O2. The highest BCUT2D eigenvalue weighted by Gasteiger charge is 2.10. The molecule has 16 heavy (non-hydrogen) atoms. The molecule has 0 atom stereocenters. The van der Waals surface area contributed by atoms with E-state index in [9.17, 15) is 0 Å². The summed E-state index contributed by atoms with van der Waals surface area (Å²) in [7, 11) is 1.69. The Morgan fingerprint density at radius 1 is 1.25 bits per heavy atom. The third kappa shape index (κ3) is 2.06. The van der Waals surface area contributed by atoms with E-state index in [1.165, 1.54) is 5.56 Å². The summed E-state index contributed by atoms with van der Waals surface area (Å²) in [6.45, 7) is 6.40. The average molecular weight is 218 g/mol. The van der Waals surface area contributed by atoms with Crippen molar-refractivity contribution in [3.8, 4) is 5.75 Å². The van der Waals surface area contributed by atoms with Gasteiger partial charge in [-0.2, -0.15) is 0 Å². The van der Waals surface area contributed by atoms with Crippen molar-refractivity contribution in [2.24, 2.45) is 5.92 Å². The number of rotatable bonds is 3. The molecule has 0 aliphatic rings. The zero-order valence-electron chi connectivity index (χ0n) is 10.3. The normalized spacial score (nSPS) is 11.3. The number of aryl methyl sites for hydroxylation is 1. The Balaban J connectivity index is 2.53. The molecule has 0 amide bonds. The third-order valence-corrected chi connectivity index (χ3v) is 2.63. The minimum atomic E-state index is 0.648. The van der Waals surface area contributed by atoms with Crippen molar-refractivity contribution >= 4 is 11.0 Å². The molecule has 0 bridgehead atoms. The lowest BCUT2D eigenvalue weighted by atomic mass is 10.0. The molecule has 2 rings (SSSR count). The van der Waals surface area contributed by atoms with Gasteiger partial charge < -0.3 is 9.15 Å². The van der Waals surface area contributed by atoms with Crippen LogP contribution >= 0.6 is 0 Å². The molecule has 1 heterocycles. The molecule has 0 saturated carbocycles. The van der Waals surface area contributed by atoms with Gasteiger partial charge in [0.1, 0.15) is 5.76 Å². The van der Waals surface area contributed by atoms with Gasteiger partial charge in [0.05, 0.1) is 7.11 Å². The topological polar surface area (TPSA) is 22.4 Å². The Hall–Kier alpha value is -1.44. The minimum Gasteiger partial charge on any atom is -0.493 e. The van der Waals surface area contributed by atoms with Crippen LogP contribution in [0.25, 0.3) is 11.0 Å². The quantitative estimate of drug-likeness (QED) is 0.778. The predicted molar refractivity (Wildman–Crippen MR) is 66.0 cm³/mol. The molecule has 2 nitrogen and oxygen atoms in total. The standard InChI is InChI=1S/C14H18O2/c1-9(2)5-11-7-12-6-10(3)16-14(12)13(8-11)15-4/h6-9H,5H2,1-4H3. The van der Waals surface area contributed by atoms with Crippen LogP contribution in [0, 0.1) is 12.8 Å². The number of hydrogen-bond donors (Lipinski definition) is 0. The fraction of sp³-hybridized carbons (Fsp3) is 0.429. The van der Waals surface area contributed by atoms with E-state index >= 15 is 0 Å². The summed E-state index contributed by atoms with van der Waals surface area (Å²) in [6, 6.07) is 6.32. The predicted octanol–water partition coefficient (Wildman–Crippen LogP) is 3.95. The highest BCUT2D eigenvalue weighted by Crippen LogP contribution is 2.30. The maximum atomic E-state index is 5.62. The van der Waals surface area contributed by atoms with Crippen molar-refractivity contribution in [2.75, 3.05) is 7.11 Å². The van der Waals surface area contributed by atoms with Crippen LogP contribution in [0.2, 0.25) is 0 Å². The number of ether oxygens (including phenoxy) is 1. The molecule has 1 aromatic carbocycles. The lowest BCUT2D eigenvalue weighted by Crippen LogP contribution is -1.95. The van der Waals surface area contributed by atoms with Crippen molar-refractivity contribution in [3.63, 3.8) is 0 Å². The van der Waals surface area contributed by atoms with Gasteiger partial charge in [0.25, 0.3) is 0 Å². The van der Waals surface area contributed by atoms with Gasteiger partial charge in [-0.1, -0.05) is 13.8 Å². The Labute approximate surface area is 96.2 Å². The third-order valence-electron chi connectivity index (χ3n) is 2.63. The van der Waals surface area contributed by atoms with Crippen LogP contribution in [-0.4, -0.2) is 7.11 Å². The lowest BCUT2D eigenvalue weighted by molar-refractivity contribution is 0.408. The summed E-state index contributed by atoms with van der Waals surface area (Å²) in [5.74, 6) is 2.41. The lowest BCUT2D eigenvalue weighted by Gasteiger charge is -2.07. The Morgan fingerprint density at radius 3 is 2.62 bits per heavy atom. The molecule has 0 aliphatic carbocycles. The second-order valence-electron chi connectivity index (χ2n) is 4.67. The number of fused-ring (bicyclic) bond motifs is 1. The maximum Gasteiger partial charge on any atom is 0.176 e. The van der Waals surface area contributed by atoms with Crippen molar-refractivity contribution < 1.29 is 9.15 Å². The van der Waals surface area contributed by atoms with Gasteiger partial charge in [0.2, 0.25) is 0 Å². The van der Waals surface area contributed by atoms with E-state index in [-0.39, 0.29) is 0 Å². The molecule has 0 spiro atoms. The van der Waals surface area contributed by atoms with Crippen LogP contribution in [0.5, 0.6) is 5.75 Å². The number of methoxy groups -OCH3 is 1. The largest absolute Gasteiger partial charge is 0.493 e. The smallest absolute Gasteiger partial charge is 0.176 e. The summed E-state index contributed by atoms with van der Waals surface area (Å²) in [4.78, 5) is 0. The van der Waals surface area contributed by atoms with Crippen LogP contribution in [-0.2, 0) is 6.42 Å². The van der Waals surface area contributed by atoms with E-state index in [4.69, 9.17) is 9.15 Å². The summed E-state index contributed by atoms with van der Waals surface area (Å²) >= 11 is 0. The fourth-order valence-corrected chi connectivity index (χ4v) is 2.05. The van der Waals surface area contributed by atoms with Crippen LogP contribution < -0.4 is 4.74 Å². The molecule has 0 unspecified atom stereocenters. The van der Waals surface area contributed by atoms with Gasteiger partial charge in [-0.25, -0.2) is 0 Å². The van der Waals surface area contributed by atoms with E-state index in [1.807, 2.05) is 6.92 Å². The second-order valence-corrected chi connectivity index (χ2v) is 4.67. The Bertz CT molecular complexity index is 495. The first-order valence-electron chi connectivity index (χ1n) is 5.67. The van der Waals surface area contributed by atoms with Crippen LogP contribution in [0.15, 0.2) is 22.6 Å². The first-order chi connectivity index (χ1) is 7.60. The van der Waals surface area contributed by atoms with E-state index in [1.54, 1.807) is 7.11 Å². The average Bonchev–Trinajstić information content (AvgIpc) is 2.56. The summed E-state index contributed by atoms with van der Waals surface area (Å²) in [6.07, 6.45) is 1.07. The first kappa shape index (κ1) is 11.1. The van der Waals surface area contributed by atoms with Crippen LogP contribution in [0.3, 0.4) is 0 Å². The molecule has 0 saturated heterocycles. The zero-order chi connectivity index (χ0) is 11.7. The van der Waals surface area contributed by atoms with Crippen molar-refractivity contribution in [3.05, 3.63) is 29.5 Å². The van der Waals surface area contributed by atoms with E-state index in [0.717, 1.165) is 28.9 Å². The van der Waals surface area contributed by atoms with Gasteiger partial charge >= 0.3 is 0 Å². The summed E-state index contributed by atoms with van der Waals surface area (Å²) < 4.78 is 11.0. The minimum absolute atomic E-state index is 0.648. The highest BCUT2D eigenvalue weighted by molar-refractivity contribution is 5.84. The first-order valence-corrected chi connectivity index (χ1v) is 5.67. The van der Waals surface area contributed by atoms with Gasteiger partial charge in [0, 0.05) is 5.39 Å². The number of benzene rings is 1.